The molecule has 2 aromatic rings. The third-order valence-corrected chi connectivity index (χ3v) is 4.56. The van der Waals surface area contributed by atoms with E-state index >= 15 is 0 Å². The number of phenols is 1. The molecular weight excluding hydrogens is 344 g/mol. The lowest BCUT2D eigenvalue weighted by Gasteiger charge is -2.34. The van der Waals surface area contributed by atoms with E-state index in [1.54, 1.807) is 18.2 Å². The van der Waals surface area contributed by atoms with Gasteiger partial charge in [0.2, 0.25) is 0 Å². The van der Waals surface area contributed by atoms with Crippen molar-refractivity contribution in [3.05, 3.63) is 30.3 Å². The average molecular weight is 370 g/mol. The summed E-state index contributed by atoms with van der Waals surface area (Å²) in [5.74, 6) is 0.239. The monoisotopic (exact) mass is 370 g/mol. The molecule has 0 spiro atoms. The van der Waals surface area contributed by atoms with Crippen molar-refractivity contribution >= 4 is 17.5 Å². The number of carbonyl (C=O) groups is 1. The number of hydrogen-bond acceptors (Lipinski definition) is 7. The fourth-order valence-electron chi connectivity index (χ4n) is 3.21. The van der Waals surface area contributed by atoms with Gasteiger partial charge in [-0.15, -0.1) is 10.2 Å². The van der Waals surface area contributed by atoms with Crippen LogP contribution in [0, 0.1) is 5.92 Å². The summed E-state index contributed by atoms with van der Waals surface area (Å²) in [5.41, 5.74) is 7.51. The topological polar surface area (TPSA) is 102 Å². The number of phenolic OH excluding ortho intramolecular Hbond substituents is 1. The lowest BCUT2D eigenvalue weighted by molar-refractivity contribution is -0.160. The van der Waals surface area contributed by atoms with Gasteiger partial charge in [-0.3, -0.25) is 4.79 Å². The number of nitrogen functional groups attached to an aromatic ring is 1. The molecule has 1 aliphatic heterocycles. The van der Waals surface area contributed by atoms with Gasteiger partial charge in [-0.25, -0.2) is 0 Å². The summed E-state index contributed by atoms with van der Waals surface area (Å²) >= 11 is 0. The summed E-state index contributed by atoms with van der Waals surface area (Å²) in [5, 5.41) is 18.2. The van der Waals surface area contributed by atoms with Gasteiger partial charge in [0, 0.05) is 18.7 Å². The highest BCUT2D eigenvalue weighted by Gasteiger charge is 2.30. The number of aromatic nitrogens is 2. The molecule has 1 fully saturated rings. The third-order valence-electron chi connectivity index (χ3n) is 4.56. The number of para-hydroxylation sites is 1. The van der Waals surface area contributed by atoms with Gasteiger partial charge in [-0.2, -0.15) is 0 Å². The number of piperidine rings is 1. The molecule has 7 nitrogen and oxygen atoms in total. The first-order valence-electron chi connectivity index (χ1n) is 9.14. The summed E-state index contributed by atoms with van der Waals surface area (Å²) in [6.45, 7) is 7.00. The van der Waals surface area contributed by atoms with E-state index < -0.39 is 5.60 Å². The third kappa shape index (κ3) is 4.48. The van der Waals surface area contributed by atoms with E-state index in [0.717, 1.165) is 5.69 Å². The van der Waals surface area contributed by atoms with Gasteiger partial charge in [-0.1, -0.05) is 12.1 Å². The molecule has 144 valence electrons. The molecule has 1 aromatic heterocycles. The minimum atomic E-state index is -0.472. The van der Waals surface area contributed by atoms with Gasteiger partial charge < -0.3 is 20.5 Å². The number of hydrogen-bond donors (Lipinski definition) is 2. The van der Waals surface area contributed by atoms with Crippen LogP contribution in [0.3, 0.4) is 0 Å². The van der Waals surface area contributed by atoms with Crippen molar-refractivity contribution in [2.75, 3.05) is 23.7 Å². The highest BCUT2D eigenvalue weighted by molar-refractivity contribution is 5.75. The van der Waals surface area contributed by atoms with Gasteiger partial charge >= 0.3 is 5.97 Å². The zero-order valence-corrected chi connectivity index (χ0v) is 16.0. The summed E-state index contributed by atoms with van der Waals surface area (Å²) in [7, 11) is 0. The summed E-state index contributed by atoms with van der Waals surface area (Å²) in [4.78, 5) is 14.4. The molecule has 7 heteroatoms. The molecule has 0 bridgehead atoms. The Kier molecular flexibility index (Phi) is 5.21. The van der Waals surface area contributed by atoms with Gasteiger partial charge in [0.1, 0.15) is 11.4 Å². The van der Waals surface area contributed by atoms with E-state index in [0.29, 0.717) is 43.0 Å². The maximum Gasteiger partial charge on any atom is 0.309 e. The number of nitrogens with zero attached hydrogens (tertiary/aromatic N) is 3. The number of benzene rings is 1. The van der Waals surface area contributed by atoms with Crippen molar-refractivity contribution in [2.24, 2.45) is 5.92 Å². The zero-order chi connectivity index (χ0) is 19.6. The van der Waals surface area contributed by atoms with Crippen molar-refractivity contribution in [1.82, 2.24) is 10.2 Å². The Labute approximate surface area is 159 Å². The minimum Gasteiger partial charge on any atom is -0.507 e. The second-order valence-electron chi connectivity index (χ2n) is 7.81. The fraction of sp³-hybridized carbons (Fsp3) is 0.450. The second kappa shape index (κ2) is 7.42. The van der Waals surface area contributed by atoms with Crippen LogP contribution in [0.15, 0.2) is 30.3 Å². The van der Waals surface area contributed by atoms with Gasteiger partial charge in [0.05, 0.1) is 17.3 Å². The van der Waals surface area contributed by atoms with Crippen LogP contribution in [0.4, 0.5) is 11.5 Å². The van der Waals surface area contributed by atoms with Crippen molar-refractivity contribution in [1.29, 1.82) is 0 Å². The van der Waals surface area contributed by atoms with Crippen LogP contribution in [0.1, 0.15) is 33.6 Å². The van der Waals surface area contributed by atoms with Crippen LogP contribution in [-0.2, 0) is 9.53 Å². The Hall–Kier alpha value is -2.83. The van der Waals surface area contributed by atoms with E-state index in [1.165, 1.54) is 0 Å². The summed E-state index contributed by atoms with van der Waals surface area (Å²) in [6, 6.07) is 8.82. The standard InChI is InChI=1S/C20H26N4O3/c1-20(2,3)27-19(26)13-8-10-24(11-9-13)16-12-15(22-23-18(16)21)14-6-4-5-7-17(14)25/h4-7,12-13,25H,8-11H2,1-3H3,(H2,21,23). The largest absolute Gasteiger partial charge is 0.507 e. The van der Waals surface area contributed by atoms with E-state index in [-0.39, 0.29) is 17.6 Å². The Balaban J connectivity index is 1.74. The molecule has 0 unspecified atom stereocenters. The number of aromatic hydroxyl groups is 1. The molecule has 0 amide bonds. The number of carbonyl (C=O) groups excluding carboxylic acids is 1. The molecule has 3 N–H and O–H groups in total. The minimum absolute atomic E-state index is 0.103. The fourth-order valence-corrected chi connectivity index (χ4v) is 3.21. The second-order valence-corrected chi connectivity index (χ2v) is 7.81. The van der Waals surface area contributed by atoms with E-state index in [2.05, 4.69) is 15.1 Å². The first-order valence-corrected chi connectivity index (χ1v) is 9.14. The predicted octanol–water partition coefficient (Wildman–Crippen LogP) is 2.99. The van der Waals surface area contributed by atoms with Gasteiger partial charge in [-0.05, 0) is 51.8 Å². The Morgan fingerprint density at radius 1 is 1.22 bits per heavy atom. The van der Waals surface area contributed by atoms with E-state index in [1.807, 2.05) is 32.9 Å². The SMILES string of the molecule is CC(C)(C)OC(=O)C1CCN(c2cc(-c3ccccc3O)nnc2N)CC1. The molecule has 0 saturated carbocycles. The van der Waals surface area contributed by atoms with E-state index in [4.69, 9.17) is 10.5 Å². The molecular formula is C20H26N4O3. The molecule has 0 aliphatic carbocycles. The van der Waals surface area contributed by atoms with E-state index in [9.17, 15) is 9.90 Å². The lowest BCUT2D eigenvalue weighted by atomic mass is 9.96. The molecule has 1 aliphatic rings. The number of anilines is 2. The molecule has 0 atom stereocenters. The number of rotatable bonds is 3. The molecule has 3 rings (SSSR count). The maximum absolute atomic E-state index is 12.3. The lowest BCUT2D eigenvalue weighted by Crippen LogP contribution is -2.39. The van der Waals surface area contributed by atoms with Crippen LogP contribution in [0.25, 0.3) is 11.3 Å². The zero-order valence-electron chi connectivity index (χ0n) is 16.0. The molecule has 0 radical (unpaired) electrons. The van der Waals surface area contributed by atoms with Gasteiger partial charge in [0.25, 0.3) is 0 Å². The summed E-state index contributed by atoms with van der Waals surface area (Å²) < 4.78 is 5.50. The Morgan fingerprint density at radius 3 is 2.52 bits per heavy atom. The van der Waals surface area contributed by atoms with Crippen molar-refractivity contribution < 1.29 is 14.6 Å². The molecule has 1 saturated heterocycles. The number of esters is 1. The van der Waals surface area contributed by atoms with Crippen molar-refractivity contribution in [3.8, 4) is 17.0 Å². The van der Waals surface area contributed by atoms with Crippen LogP contribution in [0.2, 0.25) is 0 Å². The van der Waals surface area contributed by atoms with Crippen LogP contribution in [0.5, 0.6) is 5.75 Å². The summed E-state index contributed by atoms with van der Waals surface area (Å²) in [6.07, 6.45) is 1.39. The predicted molar refractivity (Wildman–Crippen MR) is 104 cm³/mol. The van der Waals surface area contributed by atoms with Crippen LogP contribution in [-0.4, -0.2) is 40.0 Å². The van der Waals surface area contributed by atoms with Crippen LogP contribution >= 0.6 is 0 Å². The highest BCUT2D eigenvalue weighted by Crippen LogP contribution is 2.33. The molecule has 2 heterocycles. The first kappa shape index (κ1) is 18.9. The number of nitrogens with two attached hydrogens (primary N) is 1. The van der Waals surface area contributed by atoms with Crippen molar-refractivity contribution in [3.63, 3.8) is 0 Å². The number of ether oxygens (including phenoxy) is 1. The average Bonchev–Trinajstić information content (AvgIpc) is 2.61. The highest BCUT2D eigenvalue weighted by atomic mass is 16.6. The molecule has 27 heavy (non-hydrogen) atoms. The van der Waals surface area contributed by atoms with Gasteiger partial charge in [0.15, 0.2) is 5.82 Å². The quantitative estimate of drug-likeness (QED) is 0.801. The van der Waals surface area contributed by atoms with Crippen molar-refractivity contribution in [2.45, 2.75) is 39.2 Å². The molecule has 1 aromatic carbocycles. The normalized spacial score (nSPS) is 15.6. The maximum atomic E-state index is 12.3. The van der Waals surface area contributed by atoms with Crippen LogP contribution < -0.4 is 10.6 Å². The Bertz CT molecular complexity index is 824. The first-order chi connectivity index (χ1) is 12.7. The Morgan fingerprint density at radius 2 is 1.89 bits per heavy atom. The smallest absolute Gasteiger partial charge is 0.309 e.